The van der Waals surface area contributed by atoms with Crippen molar-refractivity contribution in [3.63, 3.8) is 0 Å². The maximum atomic E-state index is 6.00. The van der Waals surface area contributed by atoms with Gasteiger partial charge in [0.1, 0.15) is 12.4 Å². The molecule has 0 amide bonds. The molecule has 0 spiro atoms. The molecular weight excluding hydrogens is 226 g/mol. The Labute approximate surface area is 108 Å². The van der Waals surface area contributed by atoms with Crippen molar-refractivity contribution in [1.29, 1.82) is 0 Å². The summed E-state index contributed by atoms with van der Waals surface area (Å²) in [6.07, 6.45) is 1.53. The van der Waals surface area contributed by atoms with Crippen LogP contribution in [0.4, 0.5) is 0 Å². The molecule has 0 saturated carbocycles. The molecule has 3 nitrogen and oxygen atoms in total. The maximum Gasteiger partial charge on any atom is 0.129 e. The van der Waals surface area contributed by atoms with Gasteiger partial charge < -0.3 is 14.9 Å². The van der Waals surface area contributed by atoms with E-state index in [1.165, 1.54) is 5.56 Å². The van der Waals surface area contributed by atoms with Crippen LogP contribution < -0.4 is 5.73 Å². The monoisotopic (exact) mass is 245 g/mol. The molecule has 2 aromatic rings. The van der Waals surface area contributed by atoms with Crippen molar-refractivity contribution in [3.05, 3.63) is 59.5 Å². The fourth-order valence-electron chi connectivity index (χ4n) is 1.97. The van der Waals surface area contributed by atoms with Gasteiger partial charge in [-0.05, 0) is 31.5 Å². The van der Waals surface area contributed by atoms with E-state index < -0.39 is 0 Å². The van der Waals surface area contributed by atoms with Gasteiger partial charge in [-0.15, -0.1) is 0 Å². The second-order valence-corrected chi connectivity index (χ2v) is 4.58. The van der Waals surface area contributed by atoms with Gasteiger partial charge in [0, 0.05) is 6.04 Å². The molecule has 2 unspecified atom stereocenters. The molecule has 2 rings (SSSR count). The lowest BCUT2D eigenvalue weighted by Crippen LogP contribution is -2.27. The van der Waals surface area contributed by atoms with E-state index in [4.69, 9.17) is 14.9 Å². The van der Waals surface area contributed by atoms with Gasteiger partial charge in [0.15, 0.2) is 0 Å². The Balaban J connectivity index is 2.08. The Morgan fingerprint density at radius 1 is 1.28 bits per heavy atom. The van der Waals surface area contributed by atoms with Crippen LogP contribution in [-0.2, 0) is 11.3 Å². The SMILES string of the molecule is Cc1cccc(C(OCc2ccco2)C(C)N)c1. The number of hydrogen-bond acceptors (Lipinski definition) is 3. The number of aryl methyl sites for hydroxylation is 1. The topological polar surface area (TPSA) is 48.4 Å². The molecular formula is C15H19NO2. The van der Waals surface area contributed by atoms with Crippen molar-refractivity contribution in [2.45, 2.75) is 32.6 Å². The summed E-state index contributed by atoms with van der Waals surface area (Å²) in [6.45, 7) is 4.45. The minimum atomic E-state index is -0.116. The van der Waals surface area contributed by atoms with Crippen LogP contribution in [0.25, 0.3) is 0 Å². The van der Waals surface area contributed by atoms with E-state index in [0.29, 0.717) is 6.61 Å². The average molecular weight is 245 g/mol. The Morgan fingerprint density at radius 3 is 2.72 bits per heavy atom. The summed E-state index contributed by atoms with van der Waals surface area (Å²) in [4.78, 5) is 0. The van der Waals surface area contributed by atoms with E-state index in [1.54, 1.807) is 6.26 Å². The predicted octanol–water partition coefficient (Wildman–Crippen LogP) is 3.19. The highest BCUT2D eigenvalue weighted by molar-refractivity contribution is 5.25. The molecule has 0 aliphatic heterocycles. The van der Waals surface area contributed by atoms with Gasteiger partial charge in [0.25, 0.3) is 0 Å². The third kappa shape index (κ3) is 3.22. The fraction of sp³-hybridized carbons (Fsp3) is 0.333. The third-order valence-corrected chi connectivity index (χ3v) is 2.83. The lowest BCUT2D eigenvalue weighted by Gasteiger charge is -2.21. The summed E-state index contributed by atoms with van der Waals surface area (Å²) < 4.78 is 11.1. The van der Waals surface area contributed by atoms with Crippen LogP contribution in [0.5, 0.6) is 0 Å². The van der Waals surface area contributed by atoms with Crippen LogP contribution in [-0.4, -0.2) is 6.04 Å². The summed E-state index contributed by atoms with van der Waals surface area (Å²) >= 11 is 0. The van der Waals surface area contributed by atoms with E-state index in [2.05, 4.69) is 19.1 Å². The smallest absolute Gasteiger partial charge is 0.129 e. The summed E-state index contributed by atoms with van der Waals surface area (Å²) in [5.74, 6) is 0.813. The highest BCUT2D eigenvalue weighted by atomic mass is 16.5. The van der Waals surface area contributed by atoms with Crippen molar-refractivity contribution in [2.24, 2.45) is 5.73 Å². The Morgan fingerprint density at radius 2 is 2.11 bits per heavy atom. The van der Waals surface area contributed by atoms with Crippen molar-refractivity contribution < 1.29 is 9.15 Å². The van der Waals surface area contributed by atoms with Gasteiger partial charge in [-0.1, -0.05) is 29.8 Å². The zero-order chi connectivity index (χ0) is 13.0. The number of ether oxygens (including phenoxy) is 1. The molecule has 2 atom stereocenters. The van der Waals surface area contributed by atoms with Gasteiger partial charge in [0.05, 0.1) is 12.4 Å². The normalized spacial score (nSPS) is 14.4. The summed E-state index contributed by atoms with van der Waals surface area (Å²) in [5, 5.41) is 0. The Kier molecular flexibility index (Phi) is 4.18. The first-order valence-corrected chi connectivity index (χ1v) is 6.13. The van der Waals surface area contributed by atoms with Gasteiger partial charge in [-0.3, -0.25) is 0 Å². The van der Waals surface area contributed by atoms with E-state index >= 15 is 0 Å². The van der Waals surface area contributed by atoms with Gasteiger partial charge in [0.2, 0.25) is 0 Å². The summed E-state index contributed by atoms with van der Waals surface area (Å²) in [5.41, 5.74) is 8.32. The molecule has 0 aliphatic rings. The first-order chi connectivity index (χ1) is 8.66. The maximum absolute atomic E-state index is 6.00. The molecule has 0 saturated heterocycles. The molecule has 96 valence electrons. The first kappa shape index (κ1) is 12.9. The lowest BCUT2D eigenvalue weighted by molar-refractivity contribution is 0.0169. The molecule has 18 heavy (non-hydrogen) atoms. The molecule has 2 N–H and O–H groups in total. The zero-order valence-electron chi connectivity index (χ0n) is 10.8. The highest BCUT2D eigenvalue weighted by Gasteiger charge is 2.17. The molecule has 0 radical (unpaired) electrons. The summed E-state index contributed by atoms with van der Waals surface area (Å²) in [7, 11) is 0. The van der Waals surface area contributed by atoms with E-state index in [-0.39, 0.29) is 12.1 Å². The van der Waals surface area contributed by atoms with E-state index in [0.717, 1.165) is 11.3 Å². The van der Waals surface area contributed by atoms with Crippen LogP contribution in [0.2, 0.25) is 0 Å². The lowest BCUT2D eigenvalue weighted by atomic mass is 10.0. The molecule has 0 aliphatic carbocycles. The van der Waals surface area contributed by atoms with Crippen molar-refractivity contribution >= 4 is 0 Å². The third-order valence-electron chi connectivity index (χ3n) is 2.83. The molecule has 3 heteroatoms. The van der Waals surface area contributed by atoms with Crippen LogP contribution in [0.15, 0.2) is 47.1 Å². The van der Waals surface area contributed by atoms with Crippen molar-refractivity contribution in [1.82, 2.24) is 0 Å². The molecule has 0 bridgehead atoms. The van der Waals surface area contributed by atoms with Crippen LogP contribution >= 0.6 is 0 Å². The number of rotatable bonds is 5. The Bertz CT molecular complexity index is 477. The average Bonchev–Trinajstić information content (AvgIpc) is 2.82. The van der Waals surface area contributed by atoms with Gasteiger partial charge in [-0.2, -0.15) is 0 Å². The second kappa shape index (κ2) is 5.85. The highest BCUT2D eigenvalue weighted by Crippen LogP contribution is 2.22. The van der Waals surface area contributed by atoms with Crippen LogP contribution in [0, 0.1) is 6.92 Å². The van der Waals surface area contributed by atoms with Crippen LogP contribution in [0.3, 0.4) is 0 Å². The number of benzene rings is 1. The predicted molar refractivity (Wildman–Crippen MR) is 71.1 cm³/mol. The quantitative estimate of drug-likeness (QED) is 0.880. The number of nitrogens with two attached hydrogens (primary N) is 1. The minimum absolute atomic E-state index is 0.0678. The standard InChI is InChI=1S/C15H19NO2/c1-11-5-3-6-13(9-11)15(12(2)16)18-10-14-7-4-8-17-14/h3-9,12,15H,10,16H2,1-2H3. The molecule has 1 heterocycles. The molecule has 1 aromatic heterocycles. The van der Waals surface area contributed by atoms with Crippen LogP contribution in [0.1, 0.15) is 29.9 Å². The van der Waals surface area contributed by atoms with Gasteiger partial charge in [-0.25, -0.2) is 0 Å². The van der Waals surface area contributed by atoms with E-state index in [9.17, 15) is 0 Å². The minimum Gasteiger partial charge on any atom is -0.467 e. The van der Waals surface area contributed by atoms with Crippen molar-refractivity contribution in [2.75, 3.05) is 0 Å². The van der Waals surface area contributed by atoms with Gasteiger partial charge >= 0.3 is 0 Å². The Hall–Kier alpha value is -1.58. The van der Waals surface area contributed by atoms with E-state index in [1.807, 2.05) is 31.2 Å². The molecule has 0 fully saturated rings. The first-order valence-electron chi connectivity index (χ1n) is 6.13. The fourth-order valence-corrected chi connectivity index (χ4v) is 1.97. The largest absolute Gasteiger partial charge is 0.467 e. The second-order valence-electron chi connectivity index (χ2n) is 4.58. The van der Waals surface area contributed by atoms with Crippen molar-refractivity contribution in [3.8, 4) is 0 Å². The zero-order valence-corrected chi connectivity index (χ0v) is 10.8. The number of furan rings is 1. The molecule has 1 aromatic carbocycles. The summed E-state index contributed by atoms with van der Waals surface area (Å²) in [6, 6.07) is 11.9. The number of hydrogen-bond donors (Lipinski definition) is 1.